The van der Waals surface area contributed by atoms with E-state index >= 15 is 0 Å². The summed E-state index contributed by atoms with van der Waals surface area (Å²) in [4.78, 5) is 24.3. The van der Waals surface area contributed by atoms with Crippen LogP contribution in [-0.2, 0) is 6.54 Å². The third kappa shape index (κ3) is 3.97. The summed E-state index contributed by atoms with van der Waals surface area (Å²) in [6, 6.07) is 9.38. The number of rotatable bonds is 2. The van der Waals surface area contributed by atoms with Crippen molar-refractivity contribution < 1.29 is 17.6 Å². The molecule has 0 bridgehead atoms. The van der Waals surface area contributed by atoms with Gasteiger partial charge in [0.15, 0.2) is 11.2 Å². The molecule has 4 aromatic rings. The normalized spacial score (nSPS) is 11.1. The first-order chi connectivity index (χ1) is 12.3. The number of nitrogens with zero attached hydrogens (tertiary/aromatic N) is 1. The van der Waals surface area contributed by atoms with Crippen molar-refractivity contribution in [1.29, 1.82) is 0 Å². The van der Waals surface area contributed by atoms with Crippen LogP contribution in [0.4, 0.5) is 8.78 Å². The molecule has 1 N–H and O–H groups in total. The van der Waals surface area contributed by atoms with Crippen molar-refractivity contribution in [3.63, 3.8) is 0 Å². The van der Waals surface area contributed by atoms with Crippen molar-refractivity contribution in [3.05, 3.63) is 67.5 Å². The van der Waals surface area contributed by atoms with Gasteiger partial charge in [-0.3, -0.25) is 9.55 Å². The average Bonchev–Trinajstić information content (AvgIpc) is 3.07. The van der Waals surface area contributed by atoms with Crippen molar-refractivity contribution in [2.75, 3.05) is 0 Å². The first-order valence-electron chi connectivity index (χ1n) is 7.19. The van der Waals surface area contributed by atoms with Gasteiger partial charge in [-0.25, -0.2) is 18.4 Å². The van der Waals surface area contributed by atoms with Gasteiger partial charge >= 0.3 is 11.5 Å². The lowest BCUT2D eigenvalue weighted by Gasteiger charge is -1.99. The molecule has 0 aliphatic rings. The minimum absolute atomic E-state index is 0.255. The molecule has 26 heavy (non-hydrogen) atoms. The van der Waals surface area contributed by atoms with Gasteiger partial charge < -0.3 is 8.83 Å². The quantitative estimate of drug-likeness (QED) is 0.542. The Bertz CT molecular complexity index is 1180. The first kappa shape index (κ1) is 18.2. The van der Waals surface area contributed by atoms with Crippen LogP contribution in [0.1, 0.15) is 0 Å². The zero-order valence-corrected chi connectivity index (χ0v) is 14.4. The molecule has 0 fully saturated rings. The molecule has 4 rings (SSSR count). The number of H-pyrrole nitrogens is 1. The number of hydrogen-bond donors (Lipinski definition) is 1. The Kier molecular flexibility index (Phi) is 5.15. The van der Waals surface area contributed by atoms with Crippen LogP contribution in [0, 0.1) is 0 Å². The number of oxazole rings is 2. The minimum Gasteiger partial charge on any atom is -0.408 e. The summed E-state index contributed by atoms with van der Waals surface area (Å²) >= 11 is 11.4. The maximum atomic E-state index is 12.2. The predicted octanol–water partition coefficient (Wildman–Crippen LogP) is 4.29. The maximum Gasteiger partial charge on any atom is 0.420 e. The Labute approximate surface area is 153 Å². The topological polar surface area (TPSA) is 81.1 Å². The highest BCUT2D eigenvalue weighted by molar-refractivity contribution is 6.31. The zero-order chi connectivity index (χ0) is 18.8. The number of aromatic nitrogens is 2. The number of halogens is 4. The van der Waals surface area contributed by atoms with E-state index in [4.69, 9.17) is 32.0 Å². The van der Waals surface area contributed by atoms with E-state index in [9.17, 15) is 18.4 Å². The van der Waals surface area contributed by atoms with Gasteiger partial charge in [0.1, 0.15) is 0 Å². The van der Waals surface area contributed by atoms with Gasteiger partial charge in [0.2, 0.25) is 0 Å². The smallest absolute Gasteiger partial charge is 0.408 e. The molecule has 0 amide bonds. The molecule has 0 spiro atoms. The molecule has 6 nitrogen and oxygen atoms in total. The van der Waals surface area contributed by atoms with E-state index in [-0.39, 0.29) is 11.1 Å². The van der Waals surface area contributed by atoms with Gasteiger partial charge in [-0.15, -0.1) is 0 Å². The molecule has 2 heterocycles. The summed E-state index contributed by atoms with van der Waals surface area (Å²) in [5, 5.41) is 0.945. The van der Waals surface area contributed by atoms with Crippen LogP contribution in [0.3, 0.4) is 0 Å². The molecule has 2 aromatic heterocycles. The molecule has 0 aliphatic carbocycles. The maximum absolute atomic E-state index is 12.2. The number of hydrogen-bond acceptors (Lipinski definition) is 4. The fourth-order valence-corrected chi connectivity index (χ4v) is 2.61. The summed E-state index contributed by atoms with van der Waals surface area (Å²) in [7, 11) is 0. The van der Waals surface area contributed by atoms with Crippen molar-refractivity contribution in [2.45, 2.75) is 13.0 Å². The SMILES string of the molecule is O=c1[nH]c2cc(Cl)ccc2o1.O=c1oc2ccc(Cl)cc2n1CC(F)F. The molecule has 0 saturated heterocycles. The Morgan fingerprint density at radius 3 is 2.35 bits per heavy atom. The van der Waals surface area contributed by atoms with Gasteiger partial charge in [-0.1, -0.05) is 23.2 Å². The summed E-state index contributed by atoms with van der Waals surface area (Å²) in [5.41, 5.74) is 1.69. The standard InChI is InChI=1S/C9H6ClF2NO2.C7H4ClNO2/c10-5-1-2-7-6(3-5)13(4-8(11)12)9(14)15-7;8-4-1-2-6-5(3-4)9-7(10)11-6/h1-3,8H,4H2;1-3H,(H,9,10). The van der Waals surface area contributed by atoms with Crippen LogP contribution >= 0.6 is 23.2 Å². The van der Waals surface area contributed by atoms with E-state index in [1.54, 1.807) is 18.2 Å². The average molecular weight is 403 g/mol. The fourth-order valence-electron chi connectivity index (χ4n) is 2.27. The van der Waals surface area contributed by atoms with Gasteiger partial charge in [-0.05, 0) is 36.4 Å². The Balaban J connectivity index is 0.000000158. The van der Waals surface area contributed by atoms with E-state index in [2.05, 4.69) is 4.98 Å². The van der Waals surface area contributed by atoms with Gasteiger partial charge in [0.25, 0.3) is 6.43 Å². The van der Waals surface area contributed by atoms with Crippen molar-refractivity contribution >= 4 is 45.4 Å². The molecule has 10 heteroatoms. The number of fused-ring (bicyclic) bond motifs is 2. The van der Waals surface area contributed by atoms with Crippen LogP contribution in [-0.4, -0.2) is 16.0 Å². The largest absolute Gasteiger partial charge is 0.420 e. The Morgan fingerprint density at radius 2 is 1.65 bits per heavy atom. The molecule has 2 aromatic carbocycles. The Morgan fingerprint density at radius 1 is 1.00 bits per heavy atom. The molecular weight excluding hydrogens is 393 g/mol. The highest BCUT2D eigenvalue weighted by atomic mass is 35.5. The molecule has 0 radical (unpaired) electrons. The van der Waals surface area contributed by atoms with E-state index in [0.29, 0.717) is 21.1 Å². The second kappa shape index (κ2) is 7.35. The van der Waals surface area contributed by atoms with Crippen molar-refractivity contribution in [2.24, 2.45) is 0 Å². The third-order valence-electron chi connectivity index (χ3n) is 3.33. The monoisotopic (exact) mass is 402 g/mol. The molecular formula is C16H10Cl2F2N2O4. The highest BCUT2D eigenvalue weighted by Gasteiger charge is 2.13. The lowest BCUT2D eigenvalue weighted by molar-refractivity contribution is 0.125. The Hall–Kier alpha value is -2.58. The number of alkyl halides is 2. The zero-order valence-electron chi connectivity index (χ0n) is 12.8. The third-order valence-corrected chi connectivity index (χ3v) is 3.80. The molecule has 0 unspecified atom stereocenters. The summed E-state index contributed by atoms with van der Waals surface area (Å²) in [6.45, 7) is -0.688. The second-order valence-corrected chi connectivity index (χ2v) is 6.01. The first-order valence-corrected chi connectivity index (χ1v) is 7.94. The van der Waals surface area contributed by atoms with Crippen LogP contribution in [0.15, 0.2) is 54.8 Å². The van der Waals surface area contributed by atoms with Crippen LogP contribution < -0.4 is 11.5 Å². The van der Waals surface area contributed by atoms with E-state index in [0.717, 1.165) is 4.57 Å². The van der Waals surface area contributed by atoms with Crippen LogP contribution in [0.25, 0.3) is 22.2 Å². The summed E-state index contributed by atoms with van der Waals surface area (Å²) in [6.07, 6.45) is -2.61. The minimum atomic E-state index is -2.61. The van der Waals surface area contributed by atoms with Gasteiger partial charge in [-0.2, -0.15) is 0 Å². The summed E-state index contributed by atoms with van der Waals surface area (Å²) in [5.74, 6) is -1.25. The van der Waals surface area contributed by atoms with Crippen LogP contribution in [0.5, 0.6) is 0 Å². The highest BCUT2D eigenvalue weighted by Crippen LogP contribution is 2.19. The van der Waals surface area contributed by atoms with Crippen molar-refractivity contribution in [3.8, 4) is 0 Å². The van der Waals surface area contributed by atoms with E-state index in [1.807, 2.05) is 0 Å². The number of nitrogens with one attached hydrogen (secondary N) is 1. The number of aromatic amines is 1. The second-order valence-electron chi connectivity index (χ2n) is 5.14. The summed E-state index contributed by atoms with van der Waals surface area (Å²) < 4.78 is 34.7. The van der Waals surface area contributed by atoms with Gasteiger partial charge in [0.05, 0.1) is 17.6 Å². The number of benzene rings is 2. The molecule has 136 valence electrons. The lowest BCUT2D eigenvalue weighted by Crippen LogP contribution is -2.18. The fraction of sp³-hybridized carbons (Fsp3) is 0.125. The van der Waals surface area contributed by atoms with E-state index in [1.165, 1.54) is 18.2 Å². The molecule has 0 saturated carbocycles. The van der Waals surface area contributed by atoms with Crippen LogP contribution in [0.2, 0.25) is 10.0 Å². The molecule has 0 aliphatic heterocycles. The van der Waals surface area contributed by atoms with Gasteiger partial charge in [0, 0.05) is 10.0 Å². The van der Waals surface area contributed by atoms with E-state index < -0.39 is 24.5 Å². The predicted molar refractivity (Wildman–Crippen MR) is 93.3 cm³/mol. The molecule has 0 atom stereocenters. The van der Waals surface area contributed by atoms with Crippen molar-refractivity contribution in [1.82, 2.24) is 9.55 Å². The lowest BCUT2D eigenvalue weighted by atomic mass is 10.3.